The lowest BCUT2D eigenvalue weighted by Gasteiger charge is -2.20. The van der Waals surface area contributed by atoms with Gasteiger partial charge in [-0.05, 0) is 31.2 Å². The van der Waals surface area contributed by atoms with E-state index in [4.69, 9.17) is 14.7 Å². The molecule has 0 saturated heterocycles. The summed E-state index contributed by atoms with van der Waals surface area (Å²) in [4.78, 5) is 24.5. The van der Waals surface area contributed by atoms with Crippen molar-refractivity contribution in [2.24, 2.45) is 0 Å². The van der Waals surface area contributed by atoms with E-state index in [-0.39, 0.29) is 24.5 Å². The van der Waals surface area contributed by atoms with Crippen LogP contribution in [-0.2, 0) is 0 Å². The summed E-state index contributed by atoms with van der Waals surface area (Å²) in [6.45, 7) is 1.51. The van der Waals surface area contributed by atoms with Gasteiger partial charge in [0.25, 0.3) is 5.91 Å². The molecule has 0 saturated carbocycles. The molecule has 0 bridgehead atoms. The number of amides is 1. The summed E-state index contributed by atoms with van der Waals surface area (Å²) >= 11 is 0. The Morgan fingerprint density at radius 1 is 1.29 bits per heavy atom. The number of benzene rings is 1. The number of rotatable bonds is 5. The third-order valence-electron chi connectivity index (χ3n) is 2.94. The van der Waals surface area contributed by atoms with Crippen molar-refractivity contribution in [1.29, 1.82) is 0 Å². The summed E-state index contributed by atoms with van der Waals surface area (Å²) in [5, 5.41) is 21.5. The van der Waals surface area contributed by atoms with Crippen molar-refractivity contribution in [3.63, 3.8) is 0 Å². The molecule has 0 fully saturated rings. The average molecular weight is 290 g/mol. The minimum atomic E-state index is -1.05. The second-order valence-electron chi connectivity index (χ2n) is 4.37. The number of hydrogen-bond donors (Lipinski definition) is 2. The molecule has 0 radical (unpaired) electrons. The van der Waals surface area contributed by atoms with Gasteiger partial charge in [0.15, 0.2) is 0 Å². The van der Waals surface area contributed by atoms with Crippen molar-refractivity contribution >= 4 is 17.6 Å². The van der Waals surface area contributed by atoms with Crippen LogP contribution in [0.4, 0.5) is 5.69 Å². The number of aliphatic hydroxyl groups is 1. The highest BCUT2D eigenvalue weighted by Gasteiger charge is 2.23. The quantitative estimate of drug-likeness (QED) is 0.860. The molecular weight excluding hydrogens is 276 g/mol. The molecule has 2 N–H and O–H groups in total. The van der Waals surface area contributed by atoms with Gasteiger partial charge in [0, 0.05) is 17.8 Å². The second-order valence-corrected chi connectivity index (χ2v) is 4.37. The maximum Gasteiger partial charge on any atom is 0.335 e. The van der Waals surface area contributed by atoms with Crippen LogP contribution in [0.15, 0.2) is 35.0 Å². The molecule has 0 spiro atoms. The van der Waals surface area contributed by atoms with Crippen molar-refractivity contribution in [1.82, 2.24) is 5.16 Å². The Labute approximate surface area is 120 Å². The van der Waals surface area contributed by atoms with Crippen molar-refractivity contribution in [3.8, 4) is 0 Å². The predicted molar refractivity (Wildman–Crippen MR) is 73.4 cm³/mol. The third kappa shape index (κ3) is 3.09. The highest BCUT2D eigenvalue weighted by Crippen LogP contribution is 2.19. The number of aromatic nitrogens is 1. The third-order valence-corrected chi connectivity index (χ3v) is 2.94. The van der Waals surface area contributed by atoms with E-state index in [0.29, 0.717) is 11.3 Å². The summed E-state index contributed by atoms with van der Waals surface area (Å²) < 4.78 is 4.92. The molecule has 0 aliphatic rings. The lowest BCUT2D eigenvalue weighted by molar-refractivity contribution is 0.0696. The molecule has 1 heterocycles. The van der Waals surface area contributed by atoms with Crippen LogP contribution in [0.25, 0.3) is 0 Å². The topological polar surface area (TPSA) is 104 Å². The molecule has 0 atom stereocenters. The molecule has 0 aliphatic carbocycles. The van der Waals surface area contributed by atoms with Gasteiger partial charge in [0.05, 0.1) is 18.4 Å². The van der Waals surface area contributed by atoms with E-state index in [0.717, 1.165) is 0 Å². The van der Waals surface area contributed by atoms with Crippen LogP contribution in [0.3, 0.4) is 0 Å². The normalized spacial score (nSPS) is 10.4. The first-order valence-corrected chi connectivity index (χ1v) is 6.22. The van der Waals surface area contributed by atoms with Crippen LogP contribution < -0.4 is 4.90 Å². The van der Waals surface area contributed by atoms with Crippen LogP contribution >= 0.6 is 0 Å². The zero-order chi connectivity index (χ0) is 15.4. The number of nitrogens with zero attached hydrogens (tertiary/aromatic N) is 2. The van der Waals surface area contributed by atoms with E-state index in [1.807, 2.05) is 0 Å². The number of anilines is 1. The molecule has 21 heavy (non-hydrogen) atoms. The molecule has 110 valence electrons. The van der Waals surface area contributed by atoms with Gasteiger partial charge in [-0.3, -0.25) is 4.79 Å². The number of aromatic carboxylic acids is 1. The minimum absolute atomic E-state index is 0.0609. The van der Waals surface area contributed by atoms with Crippen molar-refractivity contribution in [3.05, 3.63) is 47.3 Å². The second kappa shape index (κ2) is 6.19. The van der Waals surface area contributed by atoms with Crippen molar-refractivity contribution in [2.45, 2.75) is 6.92 Å². The number of carboxylic acid groups (broad SMARTS) is 1. The van der Waals surface area contributed by atoms with Gasteiger partial charge >= 0.3 is 5.97 Å². The number of carboxylic acids is 1. The summed E-state index contributed by atoms with van der Waals surface area (Å²) in [5.41, 5.74) is 1.17. The lowest BCUT2D eigenvalue weighted by Crippen LogP contribution is -2.33. The molecule has 1 amide bonds. The minimum Gasteiger partial charge on any atom is -0.478 e. The zero-order valence-corrected chi connectivity index (χ0v) is 11.3. The molecule has 7 heteroatoms. The highest BCUT2D eigenvalue weighted by molar-refractivity contribution is 6.05. The Hall–Kier alpha value is -2.67. The fraction of sp³-hybridized carbons (Fsp3) is 0.214. The van der Waals surface area contributed by atoms with Gasteiger partial charge in [0.1, 0.15) is 0 Å². The maximum atomic E-state index is 12.4. The van der Waals surface area contributed by atoms with Gasteiger partial charge in [0.2, 0.25) is 5.76 Å². The molecular formula is C14H14N2O5. The summed E-state index contributed by atoms with van der Waals surface area (Å²) in [7, 11) is 0. The van der Waals surface area contributed by atoms with Crippen LogP contribution in [0, 0.1) is 6.92 Å². The molecule has 2 rings (SSSR count). The molecule has 7 nitrogen and oxygen atoms in total. The summed E-state index contributed by atoms with van der Waals surface area (Å²) in [6, 6.07) is 5.79. The van der Waals surface area contributed by atoms with Crippen LogP contribution in [0.1, 0.15) is 26.5 Å². The van der Waals surface area contributed by atoms with Crippen LogP contribution in [0.5, 0.6) is 0 Å². The number of aliphatic hydroxyl groups excluding tert-OH is 1. The molecule has 0 unspecified atom stereocenters. The fourth-order valence-electron chi connectivity index (χ4n) is 1.85. The smallest absolute Gasteiger partial charge is 0.335 e. The van der Waals surface area contributed by atoms with Crippen LogP contribution in [0.2, 0.25) is 0 Å². The van der Waals surface area contributed by atoms with E-state index in [1.54, 1.807) is 6.92 Å². The Balaban J connectivity index is 2.32. The standard InChI is InChI=1S/C14H14N2O5/c1-9-8-15-21-12(9)13(18)16(6-7-17)11-4-2-10(3-5-11)14(19)20/h2-5,8,17H,6-7H2,1H3,(H,19,20). The van der Waals surface area contributed by atoms with E-state index >= 15 is 0 Å². The SMILES string of the molecule is Cc1cnoc1C(=O)N(CCO)c1ccc(C(=O)O)cc1. The van der Waals surface area contributed by atoms with Gasteiger partial charge in [-0.2, -0.15) is 0 Å². The number of hydrogen-bond acceptors (Lipinski definition) is 5. The van der Waals surface area contributed by atoms with Gasteiger partial charge < -0.3 is 19.6 Å². The summed E-state index contributed by atoms with van der Waals surface area (Å²) in [6.07, 6.45) is 1.43. The van der Waals surface area contributed by atoms with E-state index in [1.165, 1.54) is 35.4 Å². The summed E-state index contributed by atoms with van der Waals surface area (Å²) in [5.74, 6) is -1.40. The Kier molecular flexibility index (Phi) is 4.34. The van der Waals surface area contributed by atoms with Crippen LogP contribution in [-0.4, -0.2) is 40.4 Å². The highest BCUT2D eigenvalue weighted by atomic mass is 16.5. The Morgan fingerprint density at radius 3 is 2.43 bits per heavy atom. The number of aryl methyl sites for hydroxylation is 1. The maximum absolute atomic E-state index is 12.4. The number of carbonyl (C=O) groups is 2. The first-order valence-electron chi connectivity index (χ1n) is 6.22. The largest absolute Gasteiger partial charge is 0.478 e. The van der Waals surface area contributed by atoms with Gasteiger partial charge in [-0.1, -0.05) is 5.16 Å². The Morgan fingerprint density at radius 2 is 1.95 bits per heavy atom. The average Bonchev–Trinajstić information content (AvgIpc) is 2.90. The first kappa shape index (κ1) is 14.7. The predicted octanol–water partition coefficient (Wildman–Crippen LogP) is 1.32. The van der Waals surface area contributed by atoms with E-state index < -0.39 is 11.9 Å². The zero-order valence-electron chi connectivity index (χ0n) is 11.3. The fourth-order valence-corrected chi connectivity index (χ4v) is 1.85. The monoisotopic (exact) mass is 290 g/mol. The van der Waals surface area contributed by atoms with Crippen molar-refractivity contribution < 1.29 is 24.3 Å². The molecule has 1 aromatic carbocycles. The lowest BCUT2D eigenvalue weighted by atomic mass is 10.2. The first-order chi connectivity index (χ1) is 10.0. The van der Waals surface area contributed by atoms with E-state index in [2.05, 4.69) is 5.16 Å². The van der Waals surface area contributed by atoms with Gasteiger partial charge in [-0.15, -0.1) is 0 Å². The van der Waals surface area contributed by atoms with E-state index in [9.17, 15) is 9.59 Å². The van der Waals surface area contributed by atoms with Crippen molar-refractivity contribution in [2.75, 3.05) is 18.1 Å². The Bertz CT molecular complexity index is 648. The molecule has 0 aliphatic heterocycles. The molecule has 2 aromatic rings. The molecule has 1 aromatic heterocycles. The van der Waals surface area contributed by atoms with Gasteiger partial charge in [-0.25, -0.2) is 4.79 Å². The number of carbonyl (C=O) groups excluding carboxylic acids is 1.